The minimum Gasteiger partial charge on any atom is -0.399 e. The number of aldehydes is 3. The third-order valence-electron chi connectivity index (χ3n) is 4.76. The summed E-state index contributed by atoms with van der Waals surface area (Å²) < 4.78 is 14.0. The Bertz CT molecular complexity index is 890. The first-order chi connectivity index (χ1) is 13.8. The molecule has 2 aromatic rings. The van der Waals surface area contributed by atoms with Crippen LogP contribution >= 0.6 is 0 Å². The zero-order chi connectivity index (χ0) is 21.4. The van der Waals surface area contributed by atoms with E-state index in [9.17, 15) is 23.9 Å². The van der Waals surface area contributed by atoms with Crippen molar-refractivity contribution in [3.05, 3.63) is 58.9 Å². The number of carbonyl (C=O) groups excluding carboxylic acids is 3. The average Bonchev–Trinajstić information content (AvgIpc) is 2.72. The quantitative estimate of drug-likeness (QED) is 0.300. The van der Waals surface area contributed by atoms with E-state index in [4.69, 9.17) is 5.73 Å². The largest absolute Gasteiger partial charge is 0.399 e. The van der Waals surface area contributed by atoms with Gasteiger partial charge >= 0.3 is 0 Å². The minimum atomic E-state index is -1.85. The van der Waals surface area contributed by atoms with Crippen LogP contribution in [0.15, 0.2) is 36.4 Å². The fourth-order valence-electron chi connectivity index (χ4n) is 2.94. The Morgan fingerprint density at radius 1 is 1.24 bits per heavy atom. The van der Waals surface area contributed by atoms with Gasteiger partial charge in [-0.25, -0.2) is 4.39 Å². The number of halogens is 1. The number of anilines is 2. The van der Waals surface area contributed by atoms with Crippen molar-refractivity contribution in [3.8, 4) is 0 Å². The lowest BCUT2D eigenvalue weighted by Crippen LogP contribution is -2.47. The molecule has 2 aromatic carbocycles. The molecule has 0 saturated carbocycles. The van der Waals surface area contributed by atoms with Gasteiger partial charge in [-0.2, -0.15) is 0 Å². The molecule has 0 aliphatic rings. The molecule has 154 valence electrons. The normalized spacial score (nSPS) is 13.0. The number of rotatable bonds is 11. The Morgan fingerprint density at radius 3 is 2.62 bits per heavy atom. The monoisotopic (exact) mass is 401 g/mol. The fourth-order valence-corrected chi connectivity index (χ4v) is 2.94. The Kier molecular flexibility index (Phi) is 7.58. The molecule has 0 bridgehead atoms. The van der Waals surface area contributed by atoms with E-state index >= 15 is 0 Å². The maximum atomic E-state index is 14.0. The second kappa shape index (κ2) is 9.90. The lowest BCUT2D eigenvalue weighted by molar-refractivity contribution is -0.147. The summed E-state index contributed by atoms with van der Waals surface area (Å²) in [5, 5.41) is 13.6. The van der Waals surface area contributed by atoms with Crippen molar-refractivity contribution in [2.45, 2.75) is 31.7 Å². The number of hydrogen-bond donors (Lipinski definition) is 3. The molecule has 2 rings (SSSR count). The molecule has 1 atom stereocenters. The number of hydrogen-bond acceptors (Lipinski definition) is 7. The van der Waals surface area contributed by atoms with Crippen LogP contribution < -0.4 is 11.1 Å². The zero-order valence-corrected chi connectivity index (χ0v) is 16.1. The average molecular weight is 401 g/mol. The summed E-state index contributed by atoms with van der Waals surface area (Å²) in [5.74, 6) is -0.452. The molecule has 1 unspecified atom stereocenters. The summed E-state index contributed by atoms with van der Waals surface area (Å²) >= 11 is 0. The van der Waals surface area contributed by atoms with Gasteiger partial charge in [-0.05, 0) is 30.8 Å². The van der Waals surface area contributed by atoms with Gasteiger partial charge in [-0.1, -0.05) is 18.2 Å². The number of benzene rings is 2. The topological polar surface area (TPSA) is 113 Å². The summed E-state index contributed by atoms with van der Waals surface area (Å²) in [7, 11) is 1.52. The van der Waals surface area contributed by atoms with Crippen molar-refractivity contribution in [3.63, 3.8) is 0 Å². The molecule has 0 heterocycles. The molecule has 7 nitrogen and oxygen atoms in total. The van der Waals surface area contributed by atoms with Crippen molar-refractivity contribution < 1.29 is 23.9 Å². The molecule has 8 heteroatoms. The van der Waals surface area contributed by atoms with Crippen molar-refractivity contribution >= 4 is 30.2 Å². The van der Waals surface area contributed by atoms with Gasteiger partial charge in [0, 0.05) is 48.4 Å². The highest BCUT2D eigenvalue weighted by Gasteiger charge is 2.31. The maximum Gasteiger partial charge on any atom is 0.175 e. The van der Waals surface area contributed by atoms with Crippen LogP contribution in [-0.4, -0.2) is 41.6 Å². The van der Waals surface area contributed by atoms with E-state index in [2.05, 4.69) is 5.32 Å². The molecule has 0 aromatic heterocycles. The third kappa shape index (κ3) is 5.46. The summed E-state index contributed by atoms with van der Waals surface area (Å²) in [6.07, 6.45) is 1.60. The highest BCUT2D eigenvalue weighted by atomic mass is 19.1. The summed E-state index contributed by atoms with van der Waals surface area (Å²) in [6, 6.07) is 9.39. The Morgan fingerprint density at radius 2 is 2.00 bits per heavy atom. The SMILES string of the molecule is CN(Cc1c(C=O)cccc1NCc1ccc(N)cc1F)C(O)(C=O)CCC=O. The number of nitrogens with zero attached hydrogens (tertiary/aromatic N) is 1. The summed E-state index contributed by atoms with van der Waals surface area (Å²) in [4.78, 5) is 34.9. The first kappa shape index (κ1) is 22.2. The summed E-state index contributed by atoms with van der Waals surface area (Å²) in [6.45, 7) is 0.198. The lowest BCUT2D eigenvalue weighted by atomic mass is 10.0. The second-order valence-corrected chi connectivity index (χ2v) is 6.75. The number of nitrogens with two attached hydrogens (primary N) is 1. The van der Waals surface area contributed by atoms with Gasteiger partial charge in [0.1, 0.15) is 18.4 Å². The van der Waals surface area contributed by atoms with Gasteiger partial charge in [0.25, 0.3) is 0 Å². The fraction of sp³-hybridized carbons (Fsp3) is 0.286. The van der Waals surface area contributed by atoms with Crippen LogP contribution in [0.4, 0.5) is 15.8 Å². The molecule has 0 amide bonds. The molecule has 0 aliphatic heterocycles. The Balaban J connectivity index is 2.27. The molecule has 0 aliphatic carbocycles. The number of nitrogen functional groups attached to an aromatic ring is 1. The van der Waals surface area contributed by atoms with Crippen LogP contribution in [0.2, 0.25) is 0 Å². The van der Waals surface area contributed by atoms with E-state index in [1.165, 1.54) is 18.0 Å². The number of nitrogens with one attached hydrogen (secondary N) is 1. The standard InChI is InChI=1S/C21H24FN3O4/c1-25(21(29,14-28)8-3-9-26)12-18-16(13-27)4-2-5-20(18)24-11-15-6-7-17(23)10-19(15)22/h2,4-7,9-10,13-14,24,29H,3,8,11-12,23H2,1H3. The van der Waals surface area contributed by atoms with Gasteiger partial charge in [0.2, 0.25) is 0 Å². The third-order valence-corrected chi connectivity index (χ3v) is 4.76. The van der Waals surface area contributed by atoms with Crippen LogP contribution in [0.25, 0.3) is 0 Å². The molecular weight excluding hydrogens is 377 g/mol. The summed E-state index contributed by atoms with van der Waals surface area (Å²) in [5.41, 5.74) is 5.88. The van der Waals surface area contributed by atoms with Crippen LogP contribution in [0.3, 0.4) is 0 Å². The van der Waals surface area contributed by atoms with E-state index in [0.717, 1.165) is 0 Å². The van der Waals surface area contributed by atoms with Crippen LogP contribution in [0, 0.1) is 5.82 Å². The predicted molar refractivity (Wildman–Crippen MR) is 108 cm³/mol. The highest BCUT2D eigenvalue weighted by Crippen LogP contribution is 2.25. The van der Waals surface area contributed by atoms with Gasteiger partial charge in [-0.15, -0.1) is 0 Å². The van der Waals surface area contributed by atoms with Gasteiger partial charge < -0.3 is 21.0 Å². The van der Waals surface area contributed by atoms with Gasteiger partial charge in [0.15, 0.2) is 12.0 Å². The Labute approximate surface area is 168 Å². The van der Waals surface area contributed by atoms with Crippen molar-refractivity contribution in [2.75, 3.05) is 18.1 Å². The van der Waals surface area contributed by atoms with E-state index in [0.29, 0.717) is 46.9 Å². The second-order valence-electron chi connectivity index (χ2n) is 6.75. The van der Waals surface area contributed by atoms with Gasteiger partial charge in [-0.3, -0.25) is 14.5 Å². The maximum absolute atomic E-state index is 14.0. The van der Waals surface area contributed by atoms with E-state index in [-0.39, 0.29) is 25.9 Å². The number of aliphatic hydroxyl groups is 1. The van der Waals surface area contributed by atoms with Crippen molar-refractivity contribution in [1.82, 2.24) is 4.90 Å². The van der Waals surface area contributed by atoms with E-state index in [1.807, 2.05) is 0 Å². The zero-order valence-electron chi connectivity index (χ0n) is 16.1. The van der Waals surface area contributed by atoms with E-state index in [1.54, 1.807) is 30.3 Å². The first-order valence-electron chi connectivity index (χ1n) is 9.03. The molecular formula is C21H24FN3O4. The molecule has 29 heavy (non-hydrogen) atoms. The minimum absolute atomic E-state index is 0.0103. The molecule has 0 fully saturated rings. The van der Waals surface area contributed by atoms with Crippen LogP contribution in [-0.2, 0) is 22.7 Å². The molecule has 0 saturated heterocycles. The number of likely N-dealkylation sites (N-methyl/N-ethyl adjacent to an activating group) is 1. The predicted octanol–water partition coefficient (Wildman–Crippen LogP) is 2.13. The number of carbonyl (C=O) groups is 3. The van der Waals surface area contributed by atoms with Gasteiger partial charge in [0.05, 0.1) is 0 Å². The molecule has 0 spiro atoms. The van der Waals surface area contributed by atoms with E-state index < -0.39 is 11.5 Å². The first-order valence-corrected chi connectivity index (χ1v) is 9.03. The molecule has 0 radical (unpaired) electrons. The lowest BCUT2D eigenvalue weighted by Gasteiger charge is -2.33. The van der Waals surface area contributed by atoms with Crippen molar-refractivity contribution in [1.29, 1.82) is 0 Å². The van der Waals surface area contributed by atoms with Crippen LogP contribution in [0.5, 0.6) is 0 Å². The molecule has 4 N–H and O–H groups in total. The van der Waals surface area contributed by atoms with Crippen molar-refractivity contribution in [2.24, 2.45) is 0 Å². The van der Waals surface area contributed by atoms with Crippen LogP contribution in [0.1, 0.15) is 34.3 Å². The smallest absolute Gasteiger partial charge is 0.175 e. The highest BCUT2D eigenvalue weighted by molar-refractivity contribution is 5.81. The Hall–Kier alpha value is -3.10.